The molecule has 18 heavy (non-hydrogen) atoms. The molecule has 1 rings (SSSR count). The highest BCUT2D eigenvalue weighted by molar-refractivity contribution is 7.79. The molecule has 0 radical (unpaired) electrons. The first-order valence-electron chi connectivity index (χ1n) is 6.67. The Hall–Kier alpha value is -0.710. The minimum atomic E-state index is -0.367. The number of carbonyl (C=O) groups excluding carboxylic acids is 2. The van der Waals surface area contributed by atoms with Gasteiger partial charge in [-0.2, -0.15) is 12.6 Å². The molecule has 1 heterocycles. The Bertz CT molecular complexity index is 253. The molecular formula is C13H26N2O2S. The first-order chi connectivity index (χ1) is 8.65. The molecule has 0 aliphatic carbocycles. The molecule has 0 bridgehead atoms. The summed E-state index contributed by atoms with van der Waals surface area (Å²) in [6, 6.07) is 0. The molecule has 2 N–H and O–H groups in total. The Morgan fingerprint density at radius 3 is 2.28 bits per heavy atom. The smallest absolute Gasteiger partial charge is 0.226 e. The summed E-state index contributed by atoms with van der Waals surface area (Å²) in [5, 5.41) is 0. The van der Waals surface area contributed by atoms with Gasteiger partial charge in [-0.15, -0.1) is 0 Å². The van der Waals surface area contributed by atoms with Crippen LogP contribution in [0.25, 0.3) is 0 Å². The third-order valence-electron chi connectivity index (χ3n) is 3.12. The fourth-order valence-corrected chi connectivity index (χ4v) is 2.20. The van der Waals surface area contributed by atoms with Crippen LogP contribution in [0.4, 0.5) is 0 Å². The van der Waals surface area contributed by atoms with Crippen LogP contribution < -0.4 is 5.73 Å². The molecule has 0 spiro atoms. The maximum atomic E-state index is 12.1. The predicted molar refractivity (Wildman–Crippen MR) is 77.6 cm³/mol. The topological polar surface area (TPSA) is 63.4 Å². The average Bonchev–Trinajstić information content (AvgIpc) is 2.89. The van der Waals surface area contributed by atoms with Crippen LogP contribution in [0, 0.1) is 5.92 Å². The van der Waals surface area contributed by atoms with Crippen LogP contribution in [0.5, 0.6) is 0 Å². The van der Waals surface area contributed by atoms with Gasteiger partial charge in [0, 0.05) is 25.4 Å². The van der Waals surface area contributed by atoms with Gasteiger partial charge in [0.25, 0.3) is 0 Å². The fraction of sp³-hybridized carbons (Fsp3) is 0.846. The van der Waals surface area contributed by atoms with Crippen LogP contribution in [0.2, 0.25) is 0 Å². The summed E-state index contributed by atoms with van der Waals surface area (Å²) in [6.45, 7) is 3.78. The predicted octanol–water partition coefficient (Wildman–Crippen LogP) is 1.84. The summed E-state index contributed by atoms with van der Waals surface area (Å²) >= 11 is 3.53. The molecule has 5 heteroatoms. The number of primary amides is 1. The van der Waals surface area contributed by atoms with Gasteiger partial charge in [0.1, 0.15) is 0 Å². The number of nitrogens with two attached hydrogens (primary N) is 1. The summed E-state index contributed by atoms with van der Waals surface area (Å²) in [6.07, 6.45) is 6.88. The highest BCUT2D eigenvalue weighted by Crippen LogP contribution is 2.19. The molecule has 1 saturated heterocycles. The largest absolute Gasteiger partial charge is 0.370 e. The number of rotatable bonds is 6. The van der Waals surface area contributed by atoms with Crippen molar-refractivity contribution in [2.45, 2.75) is 45.4 Å². The minimum absolute atomic E-state index is 0.129. The van der Waals surface area contributed by atoms with Gasteiger partial charge in [0.15, 0.2) is 0 Å². The van der Waals surface area contributed by atoms with Crippen molar-refractivity contribution in [1.82, 2.24) is 4.90 Å². The number of carbonyl (C=O) groups is 2. The van der Waals surface area contributed by atoms with Crippen LogP contribution in [-0.2, 0) is 9.59 Å². The highest BCUT2D eigenvalue weighted by Gasteiger charge is 2.26. The number of hydrogen-bond acceptors (Lipinski definition) is 3. The van der Waals surface area contributed by atoms with Crippen molar-refractivity contribution in [3.8, 4) is 0 Å². The monoisotopic (exact) mass is 274 g/mol. The molecule has 106 valence electrons. The van der Waals surface area contributed by atoms with Gasteiger partial charge < -0.3 is 10.6 Å². The van der Waals surface area contributed by atoms with Crippen molar-refractivity contribution in [3.05, 3.63) is 0 Å². The van der Waals surface area contributed by atoms with E-state index < -0.39 is 0 Å². The lowest BCUT2D eigenvalue weighted by atomic mass is 9.96. The highest BCUT2D eigenvalue weighted by atomic mass is 32.1. The third-order valence-corrected chi connectivity index (χ3v) is 3.12. The number of thiol groups is 1. The number of nitrogens with zero attached hydrogens (tertiary/aromatic N) is 1. The Kier molecular flexibility index (Phi) is 9.83. The molecule has 0 aromatic rings. The summed E-state index contributed by atoms with van der Waals surface area (Å²) < 4.78 is 0. The maximum Gasteiger partial charge on any atom is 0.226 e. The Morgan fingerprint density at radius 1 is 1.28 bits per heavy atom. The second-order valence-corrected chi connectivity index (χ2v) is 4.54. The van der Waals surface area contributed by atoms with Gasteiger partial charge in [0.05, 0.1) is 0 Å². The van der Waals surface area contributed by atoms with E-state index in [1.54, 1.807) is 6.26 Å². The van der Waals surface area contributed by atoms with E-state index in [9.17, 15) is 9.59 Å². The van der Waals surface area contributed by atoms with Crippen molar-refractivity contribution in [3.63, 3.8) is 0 Å². The molecule has 2 amide bonds. The van der Waals surface area contributed by atoms with Crippen molar-refractivity contribution >= 4 is 24.4 Å². The lowest BCUT2D eigenvalue weighted by Gasteiger charge is -2.22. The van der Waals surface area contributed by atoms with Crippen molar-refractivity contribution in [2.24, 2.45) is 11.7 Å². The van der Waals surface area contributed by atoms with E-state index in [4.69, 9.17) is 5.73 Å². The average molecular weight is 274 g/mol. The number of hydrogen-bond donors (Lipinski definition) is 2. The molecule has 0 aromatic carbocycles. The summed E-state index contributed by atoms with van der Waals surface area (Å²) in [5.74, 6) is -0.422. The van der Waals surface area contributed by atoms with Gasteiger partial charge in [0.2, 0.25) is 11.8 Å². The normalized spacial score (nSPS) is 15.8. The van der Waals surface area contributed by atoms with E-state index in [0.717, 1.165) is 45.2 Å². The molecular weight excluding hydrogens is 248 g/mol. The second kappa shape index (κ2) is 10.2. The SMILES string of the molecule is CCCCC(CC(N)=O)C(=O)N1CCCC1.CS. The van der Waals surface area contributed by atoms with Crippen molar-refractivity contribution in [1.29, 1.82) is 0 Å². The van der Waals surface area contributed by atoms with Gasteiger partial charge in [-0.25, -0.2) is 0 Å². The minimum Gasteiger partial charge on any atom is -0.370 e. The first kappa shape index (κ1) is 17.3. The van der Waals surface area contributed by atoms with Crippen LogP contribution in [0.1, 0.15) is 45.4 Å². The van der Waals surface area contributed by atoms with E-state index in [0.29, 0.717) is 0 Å². The standard InChI is InChI=1S/C12H22N2O2.CH4S/c1-2-3-6-10(9-11(13)15)12(16)14-7-4-5-8-14;1-2/h10H,2-9H2,1H3,(H2,13,15);2H,1H3. The second-order valence-electron chi connectivity index (χ2n) is 4.54. The van der Waals surface area contributed by atoms with E-state index in [1.165, 1.54) is 0 Å². The molecule has 0 saturated carbocycles. The van der Waals surface area contributed by atoms with Crippen LogP contribution in [0.3, 0.4) is 0 Å². The van der Waals surface area contributed by atoms with E-state index in [-0.39, 0.29) is 24.2 Å². The molecule has 0 aromatic heterocycles. The van der Waals surface area contributed by atoms with E-state index >= 15 is 0 Å². The van der Waals surface area contributed by atoms with Gasteiger partial charge >= 0.3 is 0 Å². The van der Waals surface area contributed by atoms with Gasteiger partial charge in [-0.05, 0) is 25.5 Å². The fourth-order valence-electron chi connectivity index (χ4n) is 2.20. The Morgan fingerprint density at radius 2 is 1.83 bits per heavy atom. The Balaban J connectivity index is 0.00000137. The van der Waals surface area contributed by atoms with Crippen molar-refractivity contribution in [2.75, 3.05) is 19.3 Å². The molecule has 4 nitrogen and oxygen atoms in total. The molecule has 1 aliphatic heterocycles. The number of unbranched alkanes of at least 4 members (excludes halogenated alkanes) is 1. The Labute approximate surface area is 116 Å². The zero-order valence-corrected chi connectivity index (χ0v) is 12.4. The quantitative estimate of drug-likeness (QED) is 0.726. The maximum absolute atomic E-state index is 12.1. The van der Waals surface area contributed by atoms with E-state index in [2.05, 4.69) is 19.6 Å². The lowest BCUT2D eigenvalue weighted by molar-refractivity contribution is -0.137. The van der Waals surface area contributed by atoms with E-state index in [1.807, 2.05) is 4.90 Å². The zero-order chi connectivity index (χ0) is 14.0. The molecule has 1 aliphatic rings. The summed E-state index contributed by atoms with van der Waals surface area (Å²) in [7, 11) is 0. The van der Waals surface area contributed by atoms with Gasteiger partial charge in [-0.3, -0.25) is 9.59 Å². The number of likely N-dealkylation sites (tertiary alicyclic amines) is 1. The van der Waals surface area contributed by atoms with Crippen LogP contribution >= 0.6 is 12.6 Å². The van der Waals surface area contributed by atoms with Crippen LogP contribution in [-0.4, -0.2) is 36.1 Å². The zero-order valence-electron chi connectivity index (χ0n) is 11.5. The third kappa shape index (κ3) is 6.28. The first-order valence-corrected chi connectivity index (χ1v) is 7.56. The summed E-state index contributed by atoms with van der Waals surface area (Å²) in [5.41, 5.74) is 5.19. The molecule has 1 atom stereocenters. The molecule has 1 fully saturated rings. The van der Waals surface area contributed by atoms with Crippen LogP contribution in [0.15, 0.2) is 0 Å². The summed E-state index contributed by atoms with van der Waals surface area (Å²) in [4.78, 5) is 24.9. The van der Waals surface area contributed by atoms with Crippen molar-refractivity contribution < 1.29 is 9.59 Å². The number of amides is 2. The molecule has 1 unspecified atom stereocenters. The van der Waals surface area contributed by atoms with Gasteiger partial charge in [-0.1, -0.05) is 19.8 Å². The lowest BCUT2D eigenvalue weighted by Crippen LogP contribution is -2.35.